The third-order valence-corrected chi connectivity index (χ3v) is 7.21. The Morgan fingerprint density at radius 3 is 2.57 bits per heavy atom. The molecule has 7 nitrogen and oxygen atoms in total. The molecule has 28 heavy (non-hydrogen) atoms. The zero-order valence-electron chi connectivity index (χ0n) is 16.1. The maximum Gasteiger partial charge on any atom is 0.245 e. The van der Waals surface area contributed by atoms with Crippen LogP contribution in [0.2, 0.25) is 0 Å². The van der Waals surface area contributed by atoms with E-state index in [0.717, 1.165) is 23.1 Å². The summed E-state index contributed by atoms with van der Waals surface area (Å²) in [7, 11) is -3.68. The van der Waals surface area contributed by atoms with E-state index in [9.17, 15) is 8.42 Å². The highest BCUT2D eigenvalue weighted by molar-refractivity contribution is 7.89. The highest BCUT2D eigenvalue weighted by Crippen LogP contribution is 2.38. The molecular formula is C20H22N4O3S. The summed E-state index contributed by atoms with van der Waals surface area (Å²) in [6.45, 7) is 6.07. The second-order valence-electron chi connectivity index (χ2n) is 7.17. The summed E-state index contributed by atoms with van der Waals surface area (Å²) in [6, 6.07) is 8.77. The van der Waals surface area contributed by atoms with Gasteiger partial charge in [-0.1, -0.05) is 28.9 Å². The van der Waals surface area contributed by atoms with Crippen molar-refractivity contribution in [1.82, 2.24) is 19.4 Å². The fourth-order valence-electron chi connectivity index (χ4n) is 3.94. The summed E-state index contributed by atoms with van der Waals surface area (Å²) < 4.78 is 33.9. The molecule has 3 heterocycles. The van der Waals surface area contributed by atoms with E-state index in [4.69, 9.17) is 4.52 Å². The number of aromatic nitrogens is 3. The molecule has 1 saturated heterocycles. The van der Waals surface area contributed by atoms with Crippen LogP contribution in [0.4, 0.5) is 0 Å². The van der Waals surface area contributed by atoms with Gasteiger partial charge in [-0.25, -0.2) is 8.42 Å². The Kier molecular flexibility index (Phi) is 4.76. The van der Waals surface area contributed by atoms with Crippen LogP contribution in [0.3, 0.4) is 0 Å². The minimum atomic E-state index is -3.68. The molecule has 0 bridgehead atoms. The Morgan fingerprint density at radius 1 is 1.14 bits per heavy atom. The minimum absolute atomic E-state index is 0.309. The van der Waals surface area contributed by atoms with Crippen LogP contribution in [-0.4, -0.2) is 34.4 Å². The van der Waals surface area contributed by atoms with Crippen molar-refractivity contribution >= 4 is 10.0 Å². The lowest BCUT2D eigenvalue weighted by Crippen LogP contribution is -2.32. The average Bonchev–Trinajstić information content (AvgIpc) is 3.31. The second-order valence-corrected chi connectivity index (χ2v) is 9.00. The first-order valence-electron chi connectivity index (χ1n) is 9.22. The van der Waals surface area contributed by atoms with E-state index in [1.165, 1.54) is 4.31 Å². The van der Waals surface area contributed by atoms with E-state index in [1.54, 1.807) is 12.3 Å². The molecule has 3 aromatic rings. The SMILES string of the molecule is Cc1cc(C)c(S(=O)(=O)N2CCCC2c2nc(-c3ccccn3)no2)c(C)c1. The van der Waals surface area contributed by atoms with E-state index in [1.807, 2.05) is 45.0 Å². The molecule has 2 aromatic heterocycles. The Morgan fingerprint density at radius 2 is 1.89 bits per heavy atom. The van der Waals surface area contributed by atoms with Crippen LogP contribution in [0.15, 0.2) is 45.9 Å². The number of nitrogens with zero attached hydrogens (tertiary/aromatic N) is 4. The van der Waals surface area contributed by atoms with Crippen LogP contribution < -0.4 is 0 Å². The van der Waals surface area contributed by atoms with Gasteiger partial charge in [0.15, 0.2) is 0 Å². The van der Waals surface area contributed by atoms with Crippen molar-refractivity contribution in [3.8, 4) is 11.5 Å². The molecule has 1 unspecified atom stereocenters. The second kappa shape index (κ2) is 7.10. The first kappa shape index (κ1) is 18.8. The maximum atomic E-state index is 13.5. The highest BCUT2D eigenvalue weighted by Gasteiger charge is 2.40. The lowest BCUT2D eigenvalue weighted by atomic mass is 10.1. The first-order valence-corrected chi connectivity index (χ1v) is 10.7. The van der Waals surface area contributed by atoms with Crippen LogP contribution >= 0.6 is 0 Å². The van der Waals surface area contributed by atoms with Gasteiger partial charge in [0.1, 0.15) is 11.7 Å². The summed E-state index contributed by atoms with van der Waals surface area (Å²) >= 11 is 0. The molecule has 0 spiro atoms. The van der Waals surface area contributed by atoms with Gasteiger partial charge in [-0.3, -0.25) is 4.98 Å². The molecule has 0 amide bonds. The summed E-state index contributed by atoms with van der Waals surface area (Å²) in [5, 5.41) is 4.00. The van der Waals surface area contributed by atoms with Gasteiger partial charge in [0, 0.05) is 12.7 Å². The number of hydrogen-bond acceptors (Lipinski definition) is 6. The fourth-order valence-corrected chi connectivity index (χ4v) is 6.00. The van der Waals surface area contributed by atoms with Crippen LogP contribution in [0.25, 0.3) is 11.5 Å². The Balaban J connectivity index is 1.70. The van der Waals surface area contributed by atoms with Gasteiger partial charge in [-0.15, -0.1) is 0 Å². The van der Waals surface area contributed by atoms with Crippen molar-refractivity contribution in [3.63, 3.8) is 0 Å². The highest BCUT2D eigenvalue weighted by atomic mass is 32.2. The standard InChI is InChI=1S/C20H22N4O3S/c1-13-11-14(2)18(15(3)12-13)28(25,26)24-10-6-8-17(24)20-22-19(23-27-20)16-7-4-5-9-21-16/h4-5,7,9,11-12,17H,6,8,10H2,1-3H3. The Bertz CT molecular complexity index is 1090. The number of pyridine rings is 1. The molecule has 1 aromatic carbocycles. The number of hydrogen-bond donors (Lipinski definition) is 0. The van der Waals surface area contributed by atoms with E-state index in [0.29, 0.717) is 35.3 Å². The van der Waals surface area contributed by atoms with Gasteiger partial charge >= 0.3 is 0 Å². The Hall–Kier alpha value is -2.58. The van der Waals surface area contributed by atoms with E-state index in [2.05, 4.69) is 15.1 Å². The van der Waals surface area contributed by atoms with Gasteiger partial charge in [0.05, 0.1) is 4.90 Å². The smallest absolute Gasteiger partial charge is 0.245 e. The third kappa shape index (κ3) is 3.22. The summed E-state index contributed by atoms with van der Waals surface area (Å²) in [5.74, 6) is 0.673. The largest absolute Gasteiger partial charge is 0.337 e. The number of aryl methyl sites for hydroxylation is 3. The summed E-state index contributed by atoms with van der Waals surface area (Å²) in [4.78, 5) is 9.02. The third-order valence-electron chi connectivity index (χ3n) is 5.00. The molecular weight excluding hydrogens is 376 g/mol. The molecule has 0 radical (unpaired) electrons. The topological polar surface area (TPSA) is 89.2 Å². The zero-order valence-corrected chi connectivity index (χ0v) is 16.9. The molecule has 1 fully saturated rings. The monoisotopic (exact) mass is 398 g/mol. The fraction of sp³-hybridized carbons (Fsp3) is 0.350. The van der Waals surface area contributed by atoms with Gasteiger partial charge in [0.2, 0.25) is 21.7 Å². The van der Waals surface area contributed by atoms with E-state index < -0.39 is 16.1 Å². The van der Waals surface area contributed by atoms with Gasteiger partial charge in [-0.05, 0) is 56.9 Å². The molecule has 1 atom stereocenters. The van der Waals surface area contributed by atoms with Gasteiger partial charge in [-0.2, -0.15) is 9.29 Å². The van der Waals surface area contributed by atoms with Crippen molar-refractivity contribution in [3.05, 3.63) is 59.1 Å². The molecule has 0 aliphatic carbocycles. The van der Waals surface area contributed by atoms with E-state index in [-0.39, 0.29) is 0 Å². The average molecular weight is 398 g/mol. The van der Waals surface area contributed by atoms with Crippen molar-refractivity contribution in [2.45, 2.75) is 44.6 Å². The normalized spacial score (nSPS) is 17.9. The molecule has 4 rings (SSSR count). The predicted molar refractivity (Wildman–Crippen MR) is 104 cm³/mol. The van der Waals surface area contributed by atoms with Crippen LogP contribution in [-0.2, 0) is 10.0 Å². The van der Waals surface area contributed by atoms with E-state index >= 15 is 0 Å². The molecule has 146 valence electrons. The van der Waals surface area contributed by atoms with Gasteiger partial charge in [0.25, 0.3) is 0 Å². The molecule has 1 aliphatic heterocycles. The quantitative estimate of drug-likeness (QED) is 0.667. The van der Waals surface area contributed by atoms with Crippen molar-refractivity contribution in [2.75, 3.05) is 6.54 Å². The molecule has 0 saturated carbocycles. The van der Waals surface area contributed by atoms with Crippen LogP contribution in [0.1, 0.15) is 41.5 Å². The number of sulfonamides is 1. The number of benzene rings is 1. The maximum absolute atomic E-state index is 13.5. The van der Waals surface area contributed by atoms with Crippen molar-refractivity contribution < 1.29 is 12.9 Å². The van der Waals surface area contributed by atoms with Gasteiger partial charge < -0.3 is 4.52 Å². The lowest BCUT2D eigenvalue weighted by molar-refractivity contribution is 0.290. The van der Waals surface area contributed by atoms with Crippen molar-refractivity contribution in [2.24, 2.45) is 0 Å². The number of rotatable bonds is 4. The van der Waals surface area contributed by atoms with Crippen LogP contribution in [0.5, 0.6) is 0 Å². The summed E-state index contributed by atoms with van der Waals surface area (Å²) in [5.41, 5.74) is 3.14. The van der Waals surface area contributed by atoms with Crippen molar-refractivity contribution in [1.29, 1.82) is 0 Å². The van der Waals surface area contributed by atoms with Crippen LogP contribution in [0, 0.1) is 20.8 Å². The molecule has 1 aliphatic rings. The molecule has 8 heteroatoms. The Labute approximate surface area is 164 Å². The summed E-state index contributed by atoms with van der Waals surface area (Å²) in [6.07, 6.45) is 3.04. The minimum Gasteiger partial charge on any atom is -0.337 e. The lowest BCUT2D eigenvalue weighted by Gasteiger charge is -2.23. The zero-order chi connectivity index (χ0) is 19.9. The molecule has 0 N–H and O–H groups in total. The predicted octanol–water partition coefficient (Wildman–Crippen LogP) is 3.58. The first-order chi connectivity index (χ1) is 13.4.